The first-order valence-electron chi connectivity index (χ1n) is 7.06. The average Bonchev–Trinajstić information content (AvgIpc) is 2.47. The zero-order chi connectivity index (χ0) is 13.9. The fraction of sp³-hybridized carbons (Fsp3) is 0.375. The molecule has 104 valence electrons. The molecule has 0 spiro atoms. The minimum absolute atomic E-state index is 0.213. The molecule has 0 saturated heterocycles. The van der Waals surface area contributed by atoms with E-state index in [2.05, 4.69) is 16.4 Å². The summed E-state index contributed by atoms with van der Waals surface area (Å²) in [6.07, 6.45) is 5.31. The van der Waals surface area contributed by atoms with Crippen LogP contribution < -0.4 is 5.32 Å². The van der Waals surface area contributed by atoms with Crippen LogP contribution in [0.25, 0.3) is 10.9 Å². The number of aromatic nitrogens is 1. The third kappa shape index (κ3) is 2.74. The van der Waals surface area contributed by atoms with Crippen molar-refractivity contribution in [2.45, 2.75) is 31.7 Å². The third-order valence-electron chi connectivity index (χ3n) is 3.98. The van der Waals surface area contributed by atoms with Crippen molar-refractivity contribution in [2.24, 2.45) is 5.92 Å². The Balaban J connectivity index is 1.74. The van der Waals surface area contributed by atoms with Gasteiger partial charge in [0.1, 0.15) is 0 Å². The van der Waals surface area contributed by atoms with Crippen LogP contribution in [0.1, 0.15) is 25.7 Å². The van der Waals surface area contributed by atoms with Crippen LogP contribution >= 0.6 is 0 Å². The lowest BCUT2D eigenvalue weighted by molar-refractivity contribution is -0.142. The number of aliphatic carboxylic acids is 1. The molecule has 1 aliphatic rings. The Hall–Kier alpha value is -2.10. The zero-order valence-corrected chi connectivity index (χ0v) is 11.2. The molecule has 1 saturated carbocycles. The molecule has 0 bridgehead atoms. The second-order valence-corrected chi connectivity index (χ2v) is 5.46. The summed E-state index contributed by atoms with van der Waals surface area (Å²) in [5, 5.41) is 13.7. The van der Waals surface area contributed by atoms with E-state index < -0.39 is 5.97 Å². The van der Waals surface area contributed by atoms with E-state index in [1.54, 1.807) is 0 Å². The first-order valence-corrected chi connectivity index (χ1v) is 7.06. The van der Waals surface area contributed by atoms with E-state index >= 15 is 0 Å². The van der Waals surface area contributed by atoms with Crippen LogP contribution in [0, 0.1) is 5.92 Å². The van der Waals surface area contributed by atoms with Gasteiger partial charge in [-0.15, -0.1) is 0 Å². The van der Waals surface area contributed by atoms with Crippen molar-refractivity contribution in [1.82, 2.24) is 4.98 Å². The summed E-state index contributed by atoms with van der Waals surface area (Å²) < 4.78 is 0. The lowest BCUT2D eigenvalue weighted by Crippen LogP contribution is -2.30. The van der Waals surface area contributed by atoms with Crippen LogP contribution in [0.4, 0.5) is 5.69 Å². The van der Waals surface area contributed by atoms with E-state index in [1.165, 1.54) is 0 Å². The van der Waals surface area contributed by atoms with Gasteiger partial charge in [-0.1, -0.05) is 24.6 Å². The number of carboxylic acids is 1. The summed E-state index contributed by atoms with van der Waals surface area (Å²) in [5.74, 6) is -0.886. The lowest BCUT2D eigenvalue weighted by Gasteiger charge is -2.28. The smallest absolute Gasteiger partial charge is 0.306 e. The molecule has 4 nitrogen and oxygen atoms in total. The summed E-state index contributed by atoms with van der Waals surface area (Å²) in [4.78, 5) is 15.5. The first kappa shape index (κ1) is 12.9. The number of carbonyl (C=O) groups is 1. The van der Waals surface area contributed by atoms with Crippen LogP contribution in [0.3, 0.4) is 0 Å². The maximum absolute atomic E-state index is 11.1. The maximum Gasteiger partial charge on any atom is 0.306 e. The fourth-order valence-electron chi connectivity index (χ4n) is 2.93. The van der Waals surface area contributed by atoms with Crippen LogP contribution in [0.2, 0.25) is 0 Å². The van der Waals surface area contributed by atoms with E-state index in [0.717, 1.165) is 35.9 Å². The van der Waals surface area contributed by atoms with Gasteiger partial charge in [-0.25, -0.2) is 0 Å². The summed E-state index contributed by atoms with van der Waals surface area (Å²) in [6.45, 7) is 0. The number of benzene rings is 1. The molecule has 1 aromatic heterocycles. The lowest BCUT2D eigenvalue weighted by atomic mass is 9.85. The number of nitrogens with one attached hydrogen (secondary N) is 1. The van der Waals surface area contributed by atoms with Gasteiger partial charge in [0.2, 0.25) is 0 Å². The summed E-state index contributed by atoms with van der Waals surface area (Å²) >= 11 is 0. The van der Waals surface area contributed by atoms with Crippen molar-refractivity contribution in [3.8, 4) is 0 Å². The number of nitrogens with zero attached hydrogens (tertiary/aromatic N) is 1. The van der Waals surface area contributed by atoms with Crippen molar-refractivity contribution < 1.29 is 9.90 Å². The van der Waals surface area contributed by atoms with Gasteiger partial charge < -0.3 is 10.4 Å². The van der Waals surface area contributed by atoms with Gasteiger partial charge in [-0.3, -0.25) is 9.78 Å². The highest BCUT2D eigenvalue weighted by Gasteiger charge is 2.26. The molecule has 4 heteroatoms. The molecule has 20 heavy (non-hydrogen) atoms. The molecule has 1 aliphatic carbocycles. The van der Waals surface area contributed by atoms with E-state index in [4.69, 9.17) is 5.11 Å². The Kier molecular flexibility index (Phi) is 3.54. The van der Waals surface area contributed by atoms with Gasteiger partial charge >= 0.3 is 5.97 Å². The quantitative estimate of drug-likeness (QED) is 0.898. The highest BCUT2D eigenvalue weighted by Crippen LogP contribution is 2.27. The van der Waals surface area contributed by atoms with Gasteiger partial charge in [0.25, 0.3) is 0 Å². The van der Waals surface area contributed by atoms with Crippen molar-refractivity contribution in [1.29, 1.82) is 0 Å². The molecular formula is C16H18N2O2. The molecule has 0 amide bonds. The van der Waals surface area contributed by atoms with Crippen molar-refractivity contribution >= 4 is 22.6 Å². The number of hydrogen-bond acceptors (Lipinski definition) is 3. The topological polar surface area (TPSA) is 62.2 Å². The molecule has 2 N–H and O–H groups in total. The first-order chi connectivity index (χ1) is 9.72. The average molecular weight is 270 g/mol. The third-order valence-corrected chi connectivity index (χ3v) is 3.98. The molecule has 2 aromatic rings. The number of fused-ring (bicyclic) bond motifs is 1. The SMILES string of the molecule is O=C(O)C1CCCC(Nc2cnc3ccccc3c2)C1. The Morgan fingerprint density at radius 2 is 2.15 bits per heavy atom. The standard InChI is InChI=1S/C16H18N2O2/c19-16(20)12-5-3-6-13(9-12)18-14-8-11-4-1-2-7-15(11)17-10-14/h1-2,4,7-8,10,12-13,18H,3,5-6,9H2,(H,19,20). The van der Waals surface area contributed by atoms with Crippen LogP contribution in [-0.4, -0.2) is 22.1 Å². The second kappa shape index (κ2) is 5.49. The van der Waals surface area contributed by atoms with Gasteiger partial charge in [0.15, 0.2) is 0 Å². The number of rotatable bonds is 3. The minimum Gasteiger partial charge on any atom is -0.481 e. The molecule has 3 rings (SSSR count). The van der Waals surface area contributed by atoms with E-state index in [0.29, 0.717) is 6.42 Å². The van der Waals surface area contributed by atoms with Gasteiger partial charge in [0, 0.05) is 11.4 Å². The van der Waals surface area contributed by atoms with Crippen LogP contribution in [0.5, 0.6) is 0 Å². The van der Waals surface area contributed by atoms with E-state index in [9.17, 15) is 4.79 Å². The number of carboxylic acid groups (broad SMARTS) is 1. The molecule has 1 fully saturated rings. The molecule has 2 unspecified atom stereocenters. The normalized spacial score (nSPS) is 22.6. The second-order valence-electron chi connectivity index (χ2n) is 5.46. The zero-order valence-electron chi connectivity index (χ0n) is 11.2. The number of para-hydroxylation sites is 1. The van der Waals surface area contributed by atoms with E-state index in [1.807, 2.05) is 30.5 Å². The number of hydrogen-bond donors (Lipinski definition) is 2. The molecule has 0 aliphatic heterocycles. The van der Waals surface area contributed by atoms with Crippen LogP contribution in [0.15, 0.2) is 36.5 Å². The minimum atomic E-state index is -0.673. The molecule has 0 radical (unpaired) electrons. The maximum atomic E-state index is 11.1. The number of anilines is 1. The van der Waals surface area contributed by atoms with Crippen molar-refractivity contribution in [2.75, 3.05) is 5.32 Å². The highest BCUT2D eigenvalue weighted by atomic mass is 16.4. The van der Waals surface area contributed by atoms with Crippen LogP contribution in [-0.2, 0) is 4.79 Å². The molecular weight excluding hydrogens is 252 g/mol. The summed E-state index contributed by atoms with van der Waals surface area (Å²) in [5.41, 5.74) is 1.95. The predicted molar refractivity (Wildman–Crippen MR) is 78.7 cm³/mol. The van der Waals surface area contributed by atoms with Gasteiger partial charge in [-0.2, -0.15) is 0 Å². The predicted octanol–water partition coefficient (Wildman–Crippen LogP) is 3.29. The van der Waals surface area contributed by atoms with Crippen molar-refractivity contribution in [3.05, 3.63) is 36.5 Å². The van der Waals surface area contributed by atoms with Gasteiger partial charge in [0.05, 0.1) is 23.3 Å². The Morgan fingerprint density at radius 3 is 3.00 bits per heavy atom. The van der Waals surface area contributed by atoms with E-state index in [-0.39, 0.29) is 12.0 Å². The molecule has 1 aromatic carbocycles. The Bertz CT molecular complexity index is 627. The largest absolute Gasteiger partial charge is 0.481 e. The molecule has 1 heterocycles. The number of pyridine rings is 1. The molecule has 2 atom stereocenters. The summed E-state index contributed by atoms with van der Waals surface area (Å²) in [6, 6.07) is 10.3. The summed E-state index contributed by atoms with van der Waals surface area (Å²) in [7, 11) is 0. The Morgan fingerprint density at radius 1 is 1.30 bits per heavy atom. The monoisotopic (exact) mass is 270 g/mol. The van der Waals surface area contributed by atoms with Gasteiger partial charge in [-0.05, 0) is 31.4 Å². The fourth-order valence-corrected chi connectivity index (χ4v) is 2.93. The highest BCUT2D eigenvalue weighted by molar-refractivity contribution is 5.81. The Labute approximate surface area is 117 Å². The van der Waals surface area contributed by atoms with Crippen molar-refractivity contribution in [3.63, 3.8) is 0 Å².